The van der Waals surface area contributed by atoms with Crippen molar-refractivity contribution in [2.45, 2.75) is 19.4 Å². The van der Waals surface area contributed by atoms with Crippen LogP contribution in [0.5, 0.6) is 0 Å². The first-order valence-corrected chi connectivity index (χ1v) is 11.2. The second-order valence-electron chi connectivity index (χ2n) is 8.96. The fourth-order valence-electron chi connectivity index (χ4n) is 5.91. The molecular formula is C21H33IN6O2. The normalized spacial score (nSPS) is 38.8. The zero-order valence-corrected chi connectivity index (χ0v) is 20.0. The largest absolute Gasteiger partial charge is 0.357 e. The molecular weight excluding hydrogens is 495 g/mol. The Morgan fingerprint density at radius 2 is 1.73 bits per heavy atom. The Kier molecular flexibility index (Phi) is 6.69. The highest BCUT2D eigenvalue weighted by atomic mass is 127. The third kappa shape index (κ3) is 3.88. The van der Waals surface area contributed by atoms with E-state index in [1.54, 1.807) is 0 Å². The predicted molar refractivity (Wildman–Crippen MR) is 126 cm³/mol. The number of amides is 2. The summed E-state index contributed by atoms with van der Waals surface area (Å²) in [6.45, 7) is 10.3. The molecule has 4 bridgehead atoms. The zero-order chi connectivity index (χ0) is 20.0. The second kappa shape index (κ2) is 9.12. The Hall–Kier alpha value is -1.20. The van der Waals surface area contributed by atoms with E-state index < -0.39 is 0 Å². The number of fused-ring (bicyclic) bond motifs is 8. The fourth-order valence-corrected chi connectivity index (χ4v) is 5.91. The van der Waals surface area contributed by atoms with Crippen molar-refractivity contribution in [1.82, 2.24) is 25.3 Å². The van der Waals surface area contributed by atoms with Gasteiger partial charge < -0.3 is 10.6 Å². The van der Waals surface area contributed by atoms with Crippen molar-refractivity contribution >= 4 is 41.8 Å². The van der Waals surface area contributed by atoms with Crippen LogP contribution in [0.15, 0.2) is 17.1 Å². The summed E-state index contributed by atoms with van der Waals surface area (Å²) >= 11 is 0. The van der Waals surface area contributed by atoms with Gasteiger partial charge in [0.1, 0.15) is 0 Å². The van der Waals surface area contributed by atoms with Gasteiger partial charge in [0.25, 0.3) is 0 Å². The maximum atomic E-state index is 12.8. The summed E-state index contributed by atoms with van der Waals surface area (Å²) in [7, 11) is 0. The summed E-state index contributed by atoms with van der Waals surface area (Å²) in [4.78, 5) is 36.9. The quantitative estimate of drug-likeness (QED) is 0.166. The lowest BCUT2D eigenvalue weighted by Gasteiger charge is -2.47. The summed E-state index contributed by atoms with van der Waals surface area (Å²) in [5.41, 5.74) is 0. The first-order chi connectivity index (χ1) is 14.2. The van der Waals surface area contributed by atoms with Crippen LogP contribution in [0, 0.1) is 23.7 Å². The van der Waals surface area contributed by atoms with Crippen LogP contribution >= 0.6 is 24.0 Å². The molecule has 0 aromatic carbocycles. The molecule has 6 rings (SSSR count). The van der Waals surface area contributed by atoms with Crippen LogP contribution in [0.25, 0.3) is 0 Å². The van der Waals surface area contributed by atoms with Crippen LogP contribution in [0.4, 0.5) is 0 Å². The molecule has 2 aliphatic carbocycles. The molecule has 1 saturated carbocycles. The number of nitrogens with one attached hydrogen (secondary N) is 2. The van der Waals surface area contributed by atoms with E-state index >= 15 is 0 Å². The third-order valence-corrected chi connectivity index (χ3v) is 7.39. The van der Waals surface area contributed by atoms with Gasteiger partial charge in [-0.2, -0.15) is 0 Å². The molecule has 0 aromatic rings. The van der Waals surface area contributed by atoms with E-state index in [-0.39, 0.29) is 59.5 Å². The molecule has 0 radical (unpaired) electrons. The lowest BCUT2D eigenvalue weighted by atomic mass is 9.85. The van der Waals surface area contributed by atoms with Gasteiger partial charge in [0.05, 0.1) is 18.4 Å². The van der Waals surface area contributed by atoms with Gasteiger partial charge in [-0.05, 0) is 25.2 Å². The van der Waals surface area contributed by atoms with E-state index in [0.717, 1.165) is 45.1 Å². The lowest BCUT2D eigenvalue weighted by molar-refractivity contribution is -0.140. The van der Waals surface area contributed by atoms with Gasteiger partial charge in [-0.1, -0.05) is 12.2 Å². The van der Waals surface area contributed by atoms with Gasteiger partial charge in [0.2, 0.25) is 11.8 Å². The maximum Gasteiger partial charge on any atom is 0.233 e. The van der Waals surface area contributed by atoms with Crippen LogP contribution in [0.1, 0.15) is 13.3 Å². The van der Waals surface area contributed by atoms with E-state index in [4.69, 9.17) is 4.99 Å². The first-order valence-electron chi connectivity index (χ1n) is 11.2. The Morgan fingerprint density at radius 3 is 2.30 bits per heavy atom. The molecule has 2 amide bonds. The molecule has 0 aromatic heterocycles. The SMILES string of the molecule is CCNC(=NCC1CN2CCN1CC2)NCCN1C(=O)C2C3C=CC(C3)C2C1=O.I. The lowest BCUT2D eigenvalue weighted by Crippen LogP contribution is -2.62. The number of guanidine groups is 1. The zero-order valence-electron chi connectivity index (χ0n) is 17.6. The average Bonchev–Trinajstić information content (AvgIpc) is 3.42. The Morgan fingerprint density at radius 1 is 1.07 bits per heavy atom. The van der Waals surface area contributed by atoms with Crippen LogP contribution < -0.4 is 10.6 Å². The van der Waals surface area contributed by atoms with Crippen LogP contribution in [-0.2, 0) is 9.59 Å². The number of nitrogens with zero attached hydrogens (tertiary/aromatic N) is 4. The highest BCUT2D eigenvalue weighted by Crippen LogP contribution is 2.52. The van der Waals surface area contributed by atoms with Crippen molar-refractivity contribution in [3.05, 3.63) is 12.2 Å². The summed E-state index contributed by atoms with van der Waals surface area (Å²) in [6, 6.07) is 0.483. The topological polar surface area (TPSA) is 80.3 Å². The maximum absolute atomic E-state index is 12.8. The Labute approximate surface area is 195 Å². The molecule has 4 heterocycles. The number of halogens is 1. The molecule has 2 N–H and O–H groups in total. The molecule has 9 heteroatoms. The van der Waals surface area contributed by atoms with Crippen LogP contribution in [0.2, 0.25) is 0 Å². The number of likely N-dealkylation sites (tertiary alicyclic amines) is 1. The van der Waals surface area contributed by atoms with Gasteiger partial charge in [0, 0.05) is 58.4 Å². The molecule has 4 aliphatic heterocycles. The number of rotatable bonds is 6. The summed E-state index contributed by atoms with van der Waals surface area (Å²) in [5.74, 6) is 1.16. The third-order valence-electron chi connectivity index (χ3n) is 7.39. The Balaban J connectivity index is 0.00000218. The van der Waals surface area contributed by atoms with Crippen molar-refractivity contribution in [1.29, 1.82) is 0 Å². The van der Waals surface area contributed by atoms with E-state index in [0.29, 0.717) is 19.1 Å². The Bertz CT molecular complexity index is 705. The first kappa shape index (κ1) is 22.0. The average molecular weight is 528 g/mol. The number of hydrogen-bond donors (Lipinski definition) is 2. The minimum Gasteiger partial charge on any atom is -0.357 e. The van der Waals surface area contributed by atoms with Gasteiger partial charge in [-0.3, -0.25) is 29.3 Å². The number of aliphatic imine (C=N–C) groups is 1. The number of imide groups is 1. The molecule has 5 fully saturated rings. The number of hydrogen-bond acceptors (Lipinski definition) is 5. The van der Waals surface area contributed by atoms with Crippen LogP contribution in [0.3, 0.4) is 0 Å². The van der Waals surface area contributed by atoms with Crippen molar-refractivity contribution in [3.8, 4) is 0 Å². The molecule has 5 unspecified atom stereocenters. The molecule has 0 spiro atoms. The van der Waals surface area contributed by atoms with E-state index in [2.05, 4.69) is 32.6 Å². The van der Waals surface area contributed by atoms with Gasteiger partial charge in [-0.15, -0.1) is 24.0 Å². The van der Waals surface area contributed by atoms with Crippen LogP contribution in [-0.4, -0.2) is 97.4 Å². The van der Waals surface area contributed by atoms with E-state index in [1.165, 1.54) is 18.0 Å². The molecule has 30 heavy (non-hydrogen) atoms. The molecule has 166 valence electrons. The van der Waals surface area contributed by atoms with Crippen molar-refractivity contribution < 1.29 is 9.59 Å². The fraction of sp³-hybridized carbons (Fsp3) is 0.762. The summed E-state index contributed by atoms with van der Waals surface area (Å²) in [6.07, 6.45) is 5.25. The van der Waals surface area contributed by atoms with Gasteiger partial charge >= 0.3 is 0 Å². The standard InChI is InChI=1S/C21H32N6O2.HI/c1-2-22-21(24-12-16-13-25-7-9-26(16)10-8-25)23-5-6-27-19(28)17-14-3-4-15(11-14)18(17)20(27)29;/h3-4,14-18H,2,5-13H2,1H3,(H2,22,23,24);1H. The van der Waals surface area contributed by atoms with Gasteiger partial charge in [0.15, 0.2) is 5.96 Å². The molecule has 8 nitrogen and oxygen atoms in total. The van der Waals surface area contributed by atoms with Crippen molar-refractivity contribution in [2.75, 3.05) is 58.9 Å². The molecule has 5 atom stereocenters. The molecule has 4 saturated heterocycles. The molecule has 6 aliphatic rings. The van der Waals surface area contributed by atoms with Crippen molar-refractivity contribution in [3.63, 3.8) is 0 Å². The minimum absolute atomic E-state index is 0. The monoisotopic (exact) mass is 528 g/mol. The van der Waals surface area contributed by atoms with E-state index in [1.807, 2.05) is 6.92 Å². The van der Waals surface area contributed by atoms with Crippen molar-refractivity contribution in [2.24, 2.45) is 28.7 Å². The number of carbonyl (C=O) groups excluding carboxylic acids is 2. The second-order valence-corrected chi connectivity index (χ2v) is 8.96. The van der Waals surface area contributed by atoms with E-state index in [9.17, 15) is 9.59 Å². The predicted octanol–water partition coefficient (Wildman–Crippen LogP) is -0.0336. The van der Waals surface area contributed by atoms with Gasteiger partial charge in [-0.25, -0.2) is 0 Å². The highest BCUT2D eigenvalue weighted by Gasteiger charge is 2.58. The number of piperazine rings is 3. The number of carbonyl (C=O) groups is 2. The number of allylic oxidation sites excluding steroid dienone is 2. The highest BCUT2D eigenvalue weighted by molar-refractivity contribution is 14.0. The smallest absolute Gasteiger partial charge is 0.233 e. The summed E-state index contributed by atoms with van der Waals surface area (Å²) < 4.78 is 0. The minimum atomic E-state index is -0.106. The summed E-state index contributed by atoms with van der Waals surface area (Å²) in [5, 5.41) is 6.61.